The summed E-state index contributed by atoms with van der Waals surface area (Å²) in [6.45, 7) is 3.97. The Labute approximate surface area is 144 Å². The quantitative estimate of drug-likeness (QED) is 0.759. The Morgan fingerprint density at radius 2 is 1.92 bits per heavy atom. The number of H-pyrrole nitrogens is 1. The first-order valence-electron chi connectivity index (χ1n) is 8.11. The third kappa shape index (κ3) is 3.76. The predicted molar refractivity (Wildman–Crippen MR) is 97.4 cm³/mol. The molecule has 1 heterocycles. The highest BCUT2D eigenvalue weighted by atomic mass is 19.1. The normalized spacial score (nSPS) is 10.8. The van der Waals surface area contributed by atoms with Crippen LogP contribution in [0.5, 0.6) is 0 Å². The summed E-state index contributed by atoms with van der Waals surface area (Å²) in [7, 11) is 0. The fourth-order valence-electron chi connectivity index (χ4n) is 2.93. The summed E-state index contributed by atoms with van der Waals surface area (Å²) >= 11 is 0. The first-order chi connectivity index (χ1) is 11.9. The zero-order valence-corrected chi connectivity index (χ0v) is 14.2. The molecule has 5 heteroatoms. The number of hydrogen-bond acceptors (Lipinski definition) is 2. The number of para-hydroxylation sites is 1. The van der Waals surface area contributed by atoms with Crippen molar-refractivity contribution in [1.82, 2.24) is 4.98 Å². The first kappa shape index (κ1) is 16.9. The second-order valence-electron chi connectivity index (χ2n) is 6.19. The minimum atomic E-state index is -0.481. The molecule has 0 aliphatic heterocycles. The number of hydrogen-bond donors (Lipinski definition) is 2. The Hall–Kier alpha value is -2.95. The van der Waals surface area contributed by atoms with Gasteiger partial charge < -0.3 is 10.3 Å². The minimum absolute atomic E-state index is 0.105. The van der Waals surface area contributed by atoms with Gasteiger partial charge >= 0.3 is 0 Å². The molecule has 0 aliphatic carbocycles. The molecule has 25 heavy (non-hydrogen) atoms. The van der Waals surface area contributed by atoms with Crippen LogP contribution < -0.4 is 10.9 Å². The van der Waals surface area contributed by atoms with Crippen molar-refractivity contribution in [3.63, 3.8) is 0 Å². The molecule has 0 radical (unpaired) electrons. The van der Waals surface area contributed by atoms with Crippen LogP contribution in [0, 0.1) is 19.7 Å². The maximum absolute atomic E-state index is 13.6. The third-order valence-electron chi connectivity index (χ3n) is 4.16. The number of carbonyl (C=O) groups excluding carboxylic acids is 1. The molecule has 0 spiro atoms. The van der Waals surface area contributed by atoms with Crippen LogP contribution in [0.25, 0.3) is 10.9 Å². The maximum atomic E-state index is 13.6. The van der Waals surface area contributed by atoms with E-state index in [0.717, 1.165) is 22.0 Å². The molecule has 4 nitrogen and oxygen atoms in total. The van der Waals surface area contributed by atoms with Crippen LogP contribution in [-0.4, -0.2) is 10.9 Å². The summed E-state index contributed by atoms with van der Waals surface area (Å²) in [6, 6.07) is 11.8. The number of benzene rings is 2. The maximum Gasteiger partial charge on any atom is 0.251 e. The molecule has 0 aliphatic rings. The van der Waals surface area contributed by atoms with Gasteiger partial charge in [0.25, 0.3) is 5.56 Å². The van der Waals surface area contributed by atoms with E-state index in [0.29, 0.717) is 12.0 Å². The van der Waals surface area contributed by atoms with E-state index >= 15 is 0 Å². The van der Waals surface area contributed by atoms with Crippen LogP contribution in [-0.2, 0) is 11.2 Å². The lowest BCUT2D eigenvalue weighted by atomic mass is 10.0. The molecule has 1 aromatic heterocycles. The lowest BCUT2D eigenvalue weighted by Gasteiger charge is -2.08. The number of pyridine rings is 1. The van der Waals surface area contributed by atoms with Gasteiger partial charge in [0.05, 0.1) is 5.69 Å². The van der Waals surface area contributed by atoms with Crippen LogP contribution in [0.3, 0.4) is 0 Å². The van der Waals surface area contributed by atoms with Crippen molar-refractivity contribution in [3.05, 3.63) is 75.3 Å². The number of amides is 1. The summed E-state index contributed by atoms with van der Waals surface area (Å²) in [6.07, 6.45) is 0.396. The molecular formula is C20H19FN2O2. The van der Waals surface area contributed by atoms with Crippen LogP contribution in [0.15, 0.2) is 47.3 Å². The van der Waals surface area contributed by atoms with E-state index in [1.165, 1.54) is 12.1 Å². The molecule has 3 rings (SSSR count). The fourth-order valence-corrected chi connectivity index (χ4v) is 2.93. The molecule has 0 atom stereocenters. The highest BCUT2D eigenvalue weighted by Gasteiger charge is 2.10. The van der Waals surface area contributed by atoms with Gasteiger partial charge in [-0.1, -0.05) is 18.2 Å². The predicted octanol–water partition coefficient (Wildman–Crippen LogP) is 3.86. The summed E-state index contributed by atoms with van der Waals surface area (Å²) in [5.41, 5.74) is 3.44. The van der Waals surface area contributed by atoms with Crippen LogP contribution >= 0.6 is 0 Å². The average Bonchev–Trinajstić information content (AvgIpc) is 2.55. The molecule has 0 bridgehead atoms. The van der Waals surface area contributed by atoms with Gasteiger partial charge in [-0.2, -0.15) is 0 Å². The van der Waals surface area contributed by atoms with Crippen molar-refractivity contribution in [3.8, 4) is 0 Å². The van der Waals surface area contributed by atoms with E-state index in [9.17, 15) is 14.0 Å². The van der Waals surface area contributed by atoms with Crippen molar-refractivity contribution in [2.75, 3.05) is 5.32 Å². The standard InChI is InChI=1S/C20H19FN2O2/c1-12-9-13(2)15-11-14(20(25)23-18(15)10-12)7-8-19(24)22-17-6-4-3-5-16(17)21/h3-6,9-11H,7-8H2,1-2H3,(H,22,24)(H,23,25). The lowest BCUT2D eigenvalue weighted by molar-refractivity contribution is -0.116. The summed E-state index contributed by atoms with van der Waals surface area (Å²) in [4.78, 5) is 27.1. The topological polar surface area (TPSA) is 62.0 Å². The van der Waals surface area contributed by atoms with Crippen molar-refractivity contribution in [2.45, 2.75) is 26.7 Å². The second kappa shape index (κ2) is 6.89. The van der Waals surface area contributed by atoms with Gasteiger partial charge in [0.15, 0.2) is 0 Å². The van der Waals surface area contributed by atoms with Gasteiger partial charge in [-0.15, -0.1) is 0 Å². The van der Waals surface area contributed by atoms with Crippen LogP contribution in [0.1, 0.15) is 23.1 Å². The van der Waals surface area contributed by atoms with Crippen molar-refractivity contribution < 1.29 is 9.18 Å². The largest absolute Gasteiger partial charge is 0.324 e. The Morgan fingerprint density at radius 3 is 2.68 bits per heavy atom. The molecule has 3 aromatic rings. The zero-order chi connectivity index (χ0) is 18.0. The SMILES string of the molecule is Cc1cc(C)c2cc(CCC(=O)Nc3ccccc3F)c(=O)[nH]c2c1. The summed E-state index contributed by atoms with van der Waals surface area (Å²) in [5.74, 6) is -0.810. The number of nitrogens with one attached hydrogen (secondary N) is 2. The van der Waals surface area contributed by atoms with E-state index in [4.69, 9.17) is 0 Å². The minimum Gasteiger partial charge on any atom is -0.324 e. The molecule has 0 unspecified atom stereocenters. The Kier molecular flexibility index (Phi) is 4.65. The van der Waals surface area contributed by atoms with Gasteiger partial charge in [0, 0.05) is 22.9 Å². The van der Waals surface area contributed by atoms with Gasteiger partial charge in [-0.25, -0.2) is 4.39 Å². The number of aromatic amines is 1. The smallest absolute Gasteiger partial charge is 0.251 e. The molecule has 2 N–H and O–H groups in total. The van der Waals surface area contributed by atoms with Crippen LogP contribution in [0.4, 0.5) is 10.1 Å². The molecule has 2 aromatic carbocycles. The molecule has 0 saturated heterocycles. The number of halogens is 1. The molecule has 128 valence electrons. The van der Waals surface area contributed by atoms with E-state index < -0.39 is 5.82 Å². The highest BCUT2D eigenvalue weighted by Crippen LogP contribution is 2.19. The summed E-state index contributed by atoms with van der Waals surface area (Å²) < 4.78 is 13.6. The molecule has 0 fully saturated rings. The third-order valence-corrected chi connectivity index (χ3v) is 4.16. The van der Waals surface area contributed by atoms with Gasteiger partial charge in [-0.05, 0) is 55.7 Å². The average molecular weight is 338 g/mol. The number of rotatable bonds is 4. The Morgan fingerprint density at radius 1 is 1.16 bits per heavy atom. The fraction of sp³-hybridized carbons (Fsp3) is 0.200. The van der Waals surface area contributed by atoms with Crippen molar-refractivity contribution >= 4 is 22.5 Å². The molecule has 1 amide bonds. The number of aryl methyl sites for hydroxylation is 3. The first-order valence-corrected chi connectivity index (χ1v) is 8.11. The monoisotopic (exact) mass is 338 g/mol. The number of fused-ring (bicyclic) bond motifs is 1. The highest BCUT2D eigenvalue weighted by molar-refractivity contribution is 5.91. The molecular weight excluding hydrogens is 319 g/mol. The second-order valence-corrected chi connectivity index (χ2v) is 6.19. The summed E-state index contributed by atoms with van der Waals surface area (Å²) in [5, 5.41) is 3.50. The number of aromatic nitrogens is 1. The van der Waals surface area contributed by atoms with Crippen LogP contribution in [0.2, 0.25) is 0 Å². The van der Waals surface area contributed by atoms with Crippen molar-refractivity contribution in [1.29, 1.82) is 0 Å². The van der Waals surface area contributed by atoms with Gasteiger partial charge in [0.2, 0.25) is 5.91 Å². The number of carbonyl (C=O) groups is 1. The molecule has 0 saturated carbocycles. The Balaban J connectivity index is 1.77. The van der Waals surface area contributed by atoms with Gasteiger partial charge in [0.1, 0.15) is 5.82 Å². The Bertz CT molecular complexity index is 1010. The van der Waals surface area contributed by atoms with E-state index in [2.05, 4.69) is 16.4 Å². The zero-order valence-electron chi connectivity index (χ0n) is 14.2. The number of anilines is 1. The lowest BCUT2D eigenvalue weighted by Crippen LogP contribution is -2.17. The van der Waals surface area contributed by atoms with E-state index in [-0.39, 0.29) is 23.6 Å². The van der Waals surface area contributed by atoms with Gasteiger partial charge in [-0.3, -0.25) is 9.59 Å². The van der Waals surface area contributed by atoms with E-state index in [1.54, 1.807) is 12.1 Å². The van der Waals surface area contributed by atoms with Crippen molar-refractivity contribution in [2.24, 2.45) is 0 Å². The van der Waals surface area contributed by atoms with E-state index in [1.807, 2.05) is 26.0 Å².